The van der Waals surface area contributed by atoms with Gasteiger partial charge in [-0.15, -0.1) is 0 Å². The van der Waals surface area contributed by atoms with Gasteiger partial charge in [-0.25, -0.2) is 4.79 Å². The molecule has 0 aromatic rings. The smallest absolute Gasteiger partial charge is 0.410 e. The summed E-state index contributed by atoms with van der Waals surface area (Å²) in [5.74, 6) is 0.00182. The van der Waals surface area contributed by atoms with Crippen LogP contribution in [-0.2, 0) is 9.53 Å². The predicted octanol–water partition coefficient (Wildman–Crippen LogP) is 1.11. The summed E-state index contributed by atoms with van der Waals surface area (Å²) in [7, 11) is 0. The molecule has 2 N–H and O–H groups in total. The summed E-state index contributed by atoms with van der Waals surface area (Å²) < 4.78 is 5.35. The van der Waals surface area contributed by atoms with E-state index in [9.17, 15) is 9.59 Å². The van der Waals surface area contributed by atoms with Gasteiger partial charge in [0.25, 0.3) is 0 Å². The Morgan fingerprint density at radius 1 is 1.30 bits per heavy atom. The standard InChI is InChI=1S/C14H27N3O3/c1-11(18)15-7-5-8-16-12-6-9-17(10-12)13(19)20-14(2,3)4/h12,16H,5-10H2,1-4H3,(H,15,18). The highest BCUT2D eigenvalue weighted by Gasteiger charge is 2.29. The molecule has 0 spiro atoms. The minimum absolute atomic E-state index is 0.00182. The second-order valence-electron chi connectivity index (χ2n) is 6.20. The first kappa shape index (κ1) is 16.8. The molecule has 0 radical (unpaired) electrons. The average molecular weight is 285 g/mol. The normalized spacial score (nSPS) is 19.0. The second kappa shape index (κ2) is 7.47. The van der Waals surface area contributed by atoms with Crippen molar-refractivity contribution in [1.29, 1.82) is 0 Å². The Morgan fingerprint density at radius 3 is 2.60 bits per heavy atom. The van der Waals surface area contributed by atoms with Crippen LogP contribution in [0.2, 0.25) is 0 Å². The molecule has 6 nitrogen and oxygen atoms in total. The van der Waals surface area contributed by atoms with Crippen LogP contribution in [-0.4, -0.2) is 54.7 Å². The minimum atomic E-state index is -0.443. The van der Waals surface area contributed by atoms with E-state index in [0.717, 1.165) is 25.9 Å². The molecule has 1 fully saturated rings. The quantitative estimate of drug-likeness (QED) is 0.742. The Labute approximate surface area is 121 Å². The molecule has 0 aromatic carbocycles. The van der Waals surface area contributed by atoms with E-state index in [1.807, 2.05) is 20.8 Å². The van der Waals surface area contributed by atoms with Gasteiger partial charge >= 0.3 is 6.09 Å². The molecule has 1 unspecified atom stereocenters. The number of hydrogen-bond donors (Lipinski definition) is 2. The highest BCUT2D eigenvalue weighted by molar-refractivity contribution is 5.72. The fraction of sp³-hybridized carbons (Fsp3) is 0.857. The number of nitrogens with one attached hydrogen (secondary N) is 2. The number of amides is 2. The van der Waals surface area contributed by atoms with Crippen LogP contribution >= 0.6 is 0 Å². The first-order valence-corrected chi connectivity index (χ1v) is 7.23. The molecule has 0 aliphatic carbocycles. The van der Waals surface area contributed by atoms with E-state index in [1.54, 1.807) is 4.90 Å². The van der Waals surface area contributed by atoms with Crippen LogP contribution in [0.3, 0.4) is 0 Å². The highest BCUT2D eigenvalue weighted by Crippen LogP contribution is 2.15. The van der Waals surface area contributed by atoms with E-state index >= 15 is 0 Å². The SMILES string of the molecule is CC(=O)NCCCNC1CCN(C(=O)OC(C)(C)C)C1. The topological polar surface area (TPSA) is 70.7 Å². The van der Waals surface area contributed by atoms with Crippen molar-refractivity contribution in [3.05, 3.63) is 0 Å². The van der Waals surface area contributed by atoms with Crippen molar-refractivity contribution in [3.8, 4) is 0 Å². The Balaban J connectivity index is 2.16. The zero-order valence-electron chi connectivity index (χ0n) is 13.0. The summed E-state index contributed by atoms with van der Waals surface area (Å²) in [6.07, 6.45) is 1.60. The second-order valence-corrected chi connectivity index (χ2v) is 6.20. The van der Waals surface area contributed by atoms with Crippen molar-refractivity contribution in [2.75, 3.05) is 26.2 Å². The Bertz CT molecular complexity index is 339. The molecular formula is C14H27N3O3. The summed E-state index contributed by atoms with van der Waals surface area (Å²) in [5, 5.41) is 6.16. The molecule has 20 heavy (non-hydrogen) atoms. The lowest BCUT2D eigenvalue weighted by molar-refractivity contribution is -0.118. The summed E-state index contributed by atoms with van der Waals surface area (Å²) >= 11 is 0. The number of carbonyl (C=O) groups is 2. The molecule has 1 rings (SSSR count). The molecule has 1 aliphatic heterocycles. The van der Waals surface area contributed by atoms with E-state index < -0.39 is 5.60 Å². The van der Waals surface area contributed by atoms with Crippen LogP contribution in [0.15, 0.2) is 0 Å². The van der Waals surface area contributed by atoms with Crippen molar-refractivity contribution < 1.29 is 14.3 Å². The van der Waals surface area contributed by atoms with E-state index in [2.05, 4.69) is 10.6 Å². The lowest BCUT2D eigenvalue weighted by Gasteiger charge is -2.24. The third kappa shape index (κ3) is 6.75. The number of carbonyl (C=O) groups excluding carboxylic acids is 2. The lowest BCUT2D eigenvalue weighted by Crippen LogP contribution is -2.38. The van der Waals surface area contributed by atoms with E-state index in [-0.39, 0.29) is 12.0 Å². The number of rotatable bonds is 5. The number of nitrogens with zero attached hydrogens (tertiary/aromatic N) is 1. The monoisotopic (exact) mass is 285 g/mol. The molecule has 2 amide bonds. The predicted molar refractivity (Wildman–Crippen MR) is 77.5 cm³/mol. The fourth-order valence-corrected chi connectivity index (χ4v) is 2.08. The Morgan fingerprint density at radius 2 is 2.00 bits per heavy atom. The maximum Gasteiger partial charge on any atom is 0.410 e. The van der Waals surface area contributed by atoms with Gasteiger partial charge in [0.05, 0.1) is 0 Å². The van der Waals surface area contributed by atoms with Gasteiger partial charge in [-0.05, 0) is 40.2 Å². The summed E-state index contributed by atoms with van der Waals surface area (Å²) in [5.41, 5.74) is -0.443. The van der Waals surface area contributed by atoms with Gasteiger partial charge in [-0.1, -0.05) is 0 Å². The van der Waals surface area contributed by atoms with Gasteiger partial charge in [0, 0.05) is 32.6 Å². The van der Waals surface area contributed by atoms with Crippen molar-refractivity contribution in [3.63, 3.8) is 0 Å². The van der Waals surface area contributed by atoms with Crippen LogP contribution in [0.5, 0.6) is 0 Å². The van der Waals surface area contributed by atoms with Crippen molar-refractivity contribution in [2.24, 2.45) is 0 Å². The van der Waals surface area contributed by atoms with Gasteiger partial charge in [-0.3, -0.25) is 4.79 Å². The van der Waals surface area contributed by atoms with Crippen molar-refractivity contribution in [1.82, 2.24) is 15.5 Å². The number of ether oxygens (including phenoxy) is 1. The molecule has 0 aromatic heterocycles. The van der Waals surface area contributed by atoms with Gasteiger partial charge in [-0.2, -0.15) is 0 Å². The maximum atomic E-state index is 11.9. The first-order chi connectivity index (χ1) is 9.28. The molecule has 0 bridgehead atoms. The van der Waals surface area contributed by atoms with E-state index in [0.29, 0.717) is 19.1 Å². The molecule has 0 saturated carbocycles. The maximum absolute atomic E-state index is 11.9. The Hall–Kier alpha value is -1.30. The van der Waals surface area contributed by atoms with E-state index in [4.69, 9.17) is 4.74 Å². The van der Waals surface area contributed by atoms with Crippen molar-refractivity contribution in [2.45, 2.75) is 52.2 Å². The Kier molecular flexibility index (Phi) is 6.26. The number of hydrogen-bond acceptors (Lipinski definition) is 4. The van der Waals surface area contributed by atoms with Gasteiger partial charge in [0.15, 0.2) is 0 Å². The van der Waals surface area contributed by atoms with Crippen LogP contribution < -0.4 is 10.6 Å². The molecule has 6 heteroatoms. The summed E-state index contributed by atoms with van der Waals surface area (Å²) in [4.78, 5) is 24.3. The van der Waals surface area contributed by atoms with Crippen LogP contribution in [0, 0.1) is 0 Å². The molecule has 1 aliphatic rings. The molecular weight excluding hydrogens is 258 g/mol. The third-order valence-corrected chi connectivity index (χ3v) is 3.00. The molecule has 116 valence electrons. The average Bonchev–Trinajstić information content (AvgIpc) is 2.74. The minimum Gasteiger partial charge on any atom is -0.444 e. The van der Waals surface area contributed by atoms with Gasteiger partial charge < -0.3 is 20.3 Å². The molecule has 1 saturated heterocycles. The summed E-state index contributed by atoms with van der Waals surface area (Å²) in [6.45, 7) is 10.1. The lowest BCUT2D eigenvalue weighted by atomic mass is 10.2. The third-order valence-electron chi connectivity index (χ3n) is 3.00. The zero-order chi connectivity index (χ0) is 15.2. The number of likely N-dealkylation sites (tertiary alicyclic amines) is 1. The van der Waals surface area contributed by atoms with Gasteiger partial charge in [0.1, 0.15) is 5.60 Å². The summed E-state index contributed by atoms with van der Waals surface area (Å²) in [6, 6.07) is 0.319. The molecule has 1 heterocycles. The first-order valence-electron chi connectivity index (χ1n) is 7.23. The van der Waals surface area contributed by atoms with E-state index in [1.165, 1.54) is 6.92 Å². The fourth-order valence-electron chi connectivity index (χ4n) is 2.08. The van der Waals surface area contributed by atoms with Crippen LogP contribution in [0.1, 0.15) is 40.5 Å². The van der Waals surface area contributed by atoms with Crippen LogP contribution in [0.25, 0.3) is 0 Å². The molecule has 1 atom stereocenters. The zero-order valence-corrected chi connectivity index (χ0v) is 13.0. The van der Waals surface area contributed by atoms with Crippen LogP contribution in [0.4, 0.5) is 4.79 Å². The van der Waals surface area contributed by atoms with Crippen molar-refractivity contribution >= 4 is 12.0 Å². The van der Waals surface area contributed by atoms with Gasteiger partial charge in [0.2, 0.25) is 5.91 Å². The largest absolute Gasteiger partial charge is 0.444 e. The highest BCUT2D eigenvalue weighted by atomic mass is 16.6.